The number of sulfone groups is 1. The van der Waals surface area contributed by atoms with Crippen molar-refractivity contribution >= 4 is 44.8 Å². The standard InChI is InChI=1S/C21H24N2O4S2/c1-12-5-6-16(9-13(12)2)22-20(24)14(3)11-29(26,27)17-7-8-19-18(10-17)23-21(25)15(4)28-19/h5-10,14-15H,11H2,1-4H3,(H,22,24)(H,23,25)/t14-,15+/m0/s1. The van der Waals surface area contributed by atoms with E-state index in [1.807, 2.05) is 26.0 Å². The summed E-state index contributed by atoms with van der Waals surface area (Å²) in [6.07, 6.45) is 0. The van der Waals surface area contributed by atoms with Crippen molar-refractivity contribution < 1.29 is 18.0 Å². The van der Waals surface area contributed by atoms with Crippen molar-refractivity contribution in [3.63, 3.8) is 0 Å². The van der Waals surface area contributed by atoms with Gasteiger partial charge in [-0.05, 0) is 62.2 Å². The lowest BCUT2D eigenvalue weighted by Gasteiger charge is -2.22. The molecule has 3 rings (SSSR count). The Hall–Kier alpha value is -2.32. The minimum absolute atomic E-state index is 0.0949. The van der Waals surface area contributed by atoms with Gasteiger partial charge in [0, 0.05) is 16.5 Å². The number of amides is 2. The molecule has 2 aromatic rings. The fourth-order valence-corrected chi connectivity index (χ4v) is 5.47. The van der Waals surface area contributed by atoms with Crippen LogP contribution < -0.4 is 10.6 Å². The van der Waals surface area contributed by atoms with Gasteiger partial charge in [0.25, 0.3) is 0 Å². The predicted molar refractivity (Wildman–Crippen MR) is 116 cm³/mol. The highest BCUT2D eigenvalue weighted by atomic mass is 32.2. The largest absolute Gasteiger partial charge is 0.326 e. The lowest BCUT2D eigenvalue weighted by molar-refractivity contribution is -0.119. The summed E-state index contributed by atoms with van der Waals surface area (Å²) in [5.41, 5.74) is 3.30. The maximum absolute atomic E-state index is 12.8. The van der Waals surface area contributed by atoms with Gasteiger partial charge < -0.3 is 10.6 Å². The molecule has 2 amide bonds. The first-order valence-electron chi connectivity index (χ1n) is 9.29. The molecular formula is C21H24N2O4S2. The van der Waals surface area contributed by atoms with E-state index in [-0.39, 0.29) is 27.7 Å². The number of thioether (sulfide) groups is 1. The quantitative estimate of drug-likeness (QED) is 0.750. The van der Waals surface area contributed by atoms with Crippen LogP contribution >= 0.6 is 11.8 Å². The third kappa shape index (κ3) is 4.82. The van der Waals surface area contributed by atoms with Crippen molar-refractivity contribution in [1.82, 2.24) is 0 Å². The zero-order valence-electron chi connectivity index (χ0n) is 16.8. The molecule has 0 aromatic heterocycles. The van der Waals surface area contributed by atoms with E-state index in [0.29, 0.717) is 11.4 Å². The lowest BCUT2D eigenvalue weighted by Crippen LogP contribution is -2.28. The summed E-state index contributed by atoms with van der Waals surface area (Å²) in [5, 5.41) is 5.29. The van der Waals surface area contributed by atoms with Crippen LogP contribution in [0, 0.1) is 19.8 Å². The van der Waals surface area contributed by atoms with E-state index in [1.54, 1.807) is 26.0 Å². The Bertz CT molecular complexity index is 1080. The Kier molecular flexibility index (Phi) is 6.05. The van der Waals surface area contributed by atoms with Crippen molar-refractivity contribution in [3.05, 3.63) is 47.5 Å². The predicted octanol–water partition coefficient (Wildman–Crippen LogP) is 3.78. The molecular weight excluding hydrogens is 408 g/mol. The molecule has 0 saturated heterocycles. The van der Waals surface area contributed by atoms with Crippen molar-refractivity contribution in [3.8, 4) is 0 Å². The van der Waals surface area contributed by atoms with Crippen LogP contribution in [0.25, 0.3) is 0 Å². The number of anilines is 2. The van der Waals surface area contributed by atoms with Gasteiger partial charge in [-0.2, -0.15) is 0 Å². The fraction of sp³-hybridized carbons (Fsp3) is 0.333. The van der Waals surface area contributed by atoms with E-state index in [9.17, 15) is 18.0 Å². The highest BCUT2D eigenvalue weighted by molar-refractivity contribution is 8.01. The first kappa shape index (κ1) is 21.4. The van der Waals surface area contributed by atoms with Gasteiger partial charge in [-0.15, -0.1) is 11.8 Å². The minimum atomic E-state index is -3.70. The number of fused-ring (bicyclic) bond motifs is 1. The maximum atomic E-state index is 12.8. The Morgan fingerprint density at radius 1 is 1.17 bits per heavy atom. The molecule has 1 aliphatic heterocycles. The minimum Gasteiger partial charge on any atom is -0.326 e. The average Bonchev–Trinajstić information content (AvgIpc) is 2.65. The lowest BCUT2D eigenvalue weighted by atomic mass is 10.1. The van der Waals surface area contributed by atoms with Gasteiger partial charge in [0.05, 0.1) is 21.6 Å². The maximum Gasteiger partial charge on any atom is 0.237 e. The van der Waals surface area contributed by atoms with Crippen LogP contribution in [-0.2, 0) is 19.4 Å². The smallest absolute Gasteiger partial charge is 0.237 e. The van der Waals surface area contributed by atoms with Gasteiger partial charge in [0.15, 0.2) is 9.84 Å². The number of rotatable bonds is 5. The second-order valence-corrected chi connectivity index (χ2v) is 10.8. The van der Waals surface area contributed by atoms with Gasteiger partial charge in [0.1, 0.15) is 0 Å². The molecule has 2 atom stereocenters. The SMILES string of the molecule is Cc1ccc(NC(=O)[C@@H](C)CS(=O)(=O)c2ccc3c(c2)NC(=O)[C@@H](C)S3)cc1C. The molecule has 29 heavy (non-hydrogen) atoms. The van der Waals surface area contributed by atoms with Crippen LogP contribution in [0.4, 0.5) is 11.4 Å². The van der Waals surface area contributed by atoms with Crippen molar-refractivity contribution in [2.45, 2.75) is 42.7 Å². The van der Waals surface area contributed by atoms with Gasteiger partial charge in [-0.25, -0.2) is 8.42 Å². The van der Waals surface area contributed by atoms with E-state index in [1.165, 1.54) is 23.9 Å². The first-order valence-corrected chi connectivity index (χ1v) is 11.8. The van der Waals surface area contributed by atoms with E-state index >= 15 is 0 Å². The summed E-state index contributed by atoms with van der Waals surface area (Å²) in [6.45, 7) is 7.32. The van der Waals surface area contributed by atoms with Crippen LogP contribution in [-0.4, -0.2) is 31.2 Å². The molecule has 0 bridgehead atoms. The fourth-order valence-electron chi connectivity index (χ4n) is 2.97. The summed E-state index contributed by atoms with van der Waals surface area (Å²) in [6, 6.07) is 10.3. The van der Waals surface area contributed by atoms with E-state index in [0.717, 1.165) is 16.0 Å². The Morgan fingerprint density at radius 3 is 2.59 bits per heavy atom. The molecule has 1 heterocycles. The first-order chi connectivity index (χ1) is 13.6. The van der Waals surface area contributed by atoms with Crippen LogP contribution in [0.3, 0.4) is 0 Å². The molecule has 1 aliphatic rings. The van der Waals surface area contributed by atoms with Crippen LogP contribution in [0.15, 0.2) is 46.2 Å². The molecule has 0 spiro atoms. The highest BCUT2D eigenvalue weighted by Gasteiger charge is 2.27. The van der Waals surface area contributed by atoms with Crippen molar-refractivity contribution in [2.75, 3.05) is 16.4 Å². The topological polar surface area (TPSA) is 92.3 Å². The number of carbonyl (C=O) groups is 2. The number of hydrogen-bond donors (Lipinski definition) is 2. The van der Waals surface area contributed by atoms with Gasteiger partial charge in [-0.3, -0.25) is 9.59 Å². The highest BCUT2D eigenvalue weighted by Crippen LogP contribution is 2.37. The molecule has 0 saturated carbocycles. The van der Waals surface area contributed by atoms with Crippen molar-refractivity contribution in [2.24, 2.45) is 5.92 Å². The van der Waals surface area contributed by atoms with Crippen LogP contribution in [0.2, 0.25) is 0 Å². The Balaban J connectivity index is 1.73. The van der Waals surface area contributed by atoms with Gasteiger partial charge in [0.2, 0.25) is 11.8 Å². The summed E-state index contributed by atoms with van der Waals surface area (Å²) in [4.78, 5) is 25.3. The van der Waals surface area contributed by atoms with Crippen LogP contribution in [0.1, 0.15) is 25.0 Å². The number of benzene rings is 2. The molecule has 6 nitrogen and oxygen atoms in total. The second kappa shape index (κ2) is 8.20. The van der Waals surface area contributed by atoms with Gasteiger partial charge in [-0.1, -0.05) is 13.0 Å². The Morgan fingerprint density at radius 2 is 1.90 bits per heavy atom. The molecule has 8 heteroatoms. The third-order valence-corrected chi connectivity index (χ3v) is 8.02. The zero-order valence-corrected chi connectivity index (χ0v) is 18.4. The molecule has 0 fully saturated rings. The summed E-state index contributed by atoms with van der Waals surface area (Å²) >= 11 is 1.39. The molecule has 154 valence electrons. The van der Waals surface area contributed by atoms with Crippen molar-refractivity contribution in [1.29, 1.82) is 0 Å². The zero-order chi connectivity index (χ0) is 21.3. The summed E-state index contributed by atoms with van der Waals surface area (Å²) in [5.74, 6) is -1.56. The monoisotopic (exact) mass is 432 g/mol. The van der Waals surface area contributed by atoms with Gasteiger partial charge >= 0.3 is 0 Å². The number of carbonyl (C=O) groups excluding carboxylic acids is 2. The average molecular weight is 433 g/mol. The number of aryl methyl sites for hydroxylation is 2. The Labute approximate surface area is 175 Å². The molecule has 2 aromatic carbocycles. The molecule has 0 radical (unpaired) electrons. The molecule has 0 unspecified atom stereocenters. The van der Waals surface area contributed by atoms with E-state index in [4.69, 9.17) is 0 Å². The number of hydrogen-bond acceptors (Lipinski definition) is 5. The molecule has 0 aliphatic carbocycles. The normalized spacial score (nSPS) is 17.2. The van der Waals surface area contributed by atoms with E-state index < -0.39 is 15.8 Å². The second-order valence-electron chi connectivity index (χ2n) is 7.38. The van der Waals surface area contributed by atoms with E-state index in [2.05, 4.69) is 10.6 Å². The third-order valence-electron chi connectivity index (χ3n) is 4.93. The number of nitrogens with one attached hydrogen (secondary N) is 2. The van der Waals surface area contributed by atoms with Crippen LogP contribution in [0.5, 0.6) is 0 Å². The summed E-state index contributed by atoms with van der Waals surface area (Å²) in [7, 11) is -3.70. The summed E-state index contributed by atoms with van der Waals surface area (Å²) < 4.78 is 25.7. The molecule has 2 N–H and O–H groups in total.